The number of rotatable bonds is 3. The average molecular weight is 393 g/mol. The minimum absolute atomic E-state index is 0.310. The molecule has 3 aromatic rings. The van der Waals surface area contributed by atoms with Gasteiger partial charge in [-0.05, 0) is 0 Å². The van der Waals surface area contributed by atoms with Crippen LogP contribution in [0.4, 0.5) is 0 Å². The second-order valence-corrected chi connectivity index (χ2v) is 9.72. The summed E-state index contributed by atoms with van der Waals surface area (Å²) >= 11 is 0. The van der Waals surface area contributed by atoms with Gasteiger partial charge in [0.2, 0.25) is 0 Å². The van der Waals surface area contributed by atoms with E-state index in [2.05, 4.69) is 0 Å². The number of carbonyl (C=O) groups is 1. The van der Waals surface area contributed by atoms with Gasteiger partial charge in [0, 0.05) is 0 Å². The van der Waals surface area contributed by atoms with E-state index in [-0.39, 0.29) is 0 Å². The van der Waals surface area contributed by atoms with Crippen LogP contribution in [-0.2, 0) is 4.74 Å². The van der Waals surface area contributed by atoms with Crippen molar-refractivity contribution in [3.8, 4) is 23.0 Å². The van der Waals surface area contributed by atoms with E-state index >= 15 is 0 Å². The zero-order chi connectivity index (χ0) is 19.2. The number of esters is 1. The Hall–Kier alpha value is -3.45. The predicted molar refractivity (Wildman–Crippen MR) is 103 cm³/mol. The van der Waals surface area contributed by atoms with Crippen molar-refractivity contribution in [1.82, 2.24) is 0 Å². The van der Waals surface area contributed by atoms with Crippen LogP contribution >= 0.6 is 0 Å². The fourth-order valence-electron chi connectivity index (χ4n) is 3.45. The molecule has 0 N–H and O–H groups in total. The molecule has 28 heavy (non-hydrogen) atoms. The summed E-state index contributed by atoms with van der Waals surface area (Å²) in [4.78, 5) is 12.0. The maximum atomic E-state index is 12.0. The molecular weight excluding hydrogens is 376 g/mol. The van der Waals surface area contributed by atoms with E-state index in [0.717, 1.165) is 0 Å². The van der Waals surface area contributed by atoms with Crippen molar-refractivity contribution in [2.45, 2.75) is 6.92 Å². The van der Waals surface area contributed by atoms with Gasteiger partial charge in [-0.3, -0.25) is 0 Å². The molecule has 0 aromatic heterocycles. The van der Waals surface area contributed by atoms with Gasteiger partial charge < -0.3 is 0 Å². The Kier molecular flexibility index (Phi) is 3.44. The van der Waals surface area contributed by atoms with E-state index < -0.39 is 14.3 Å². The van der Waals surface area contributed by atoms with E-state index in [9.17, 15) is 4.79 Å². The number of fused-ring (bicyclic) bond motifs is 2. The third-order valence-corrected chi connectivity index (χ3v) is 8.27. The van der Waals surface area contributed by atoms with Gasteiger partial charge in [0.25, 0.3) is 0 Å². The Balaban J connectivity index is 1.63. The summed E-state index contributed by atoms with van der Waals surface area (Å²) in [6.45, 7) is 2.08. The van der Waals surface area contributed by atoms with Gasteiger partial charge in [-0.15, -0.1) is 0 Å². The molecular formula is C21H17O6Si-. The number of hydrogen-bond acceptors (Lipinski definition) is 6. The van der Waals surface area contributed by atoms with Crippen molar-refractivity contribution in [1.29, 1.82) is 0 Å². The molecule has 2 heterocycles. The van der Waals surface area contributed by atoms with Crippen LogP contribution in [0, 0.1) is 0 Å². The second kappa shape index (κ2) is 5.77. The van der Waals surface area contributed by atoms with Crippen LogP contribution < -0.4 is 22.9 Å². The van der Waals surface area contributed by atoms with Gasteiger partial charge in [-0.2, -0.15) is 0 Å². The van der Waals surface area contributed by atoms with Crippen LogP contribution in [-0.4, -0.2) is 20.9 Å². The SMILES string of the molecule is CCOC(=O)c1ccc([Si-]23(Oc4ccccc4O2)Oc2ccccc2O3)cc1. The quantitative estimate of drug-likeness (QED) is 0.502. The molecule has 0 radical (unpaired) electrons. The number of ether oxygens (including phenoxy) is 1. The van der Waals surface area contributed by atoms with Gasteiger partial charge in [0.05, 0.1) is 0 Å². The van der Waals surface area contributed by atoms with Crippen LogP contribution in [0.2, 0.25) is 0 Å². The first kappa shape index (κ1) is 16.7. The molecule has 0 atom stereocenters. The van der Waals surface area contributed by atoms with Gasteiger partial charge >= 0.3 is 162 Å². The molecule has 7 heteroatoms. The maximum absolute atomic E-state index is 12.0. The van der Waals surface area contributed by atoms with Crippen LogP contribution in [0.15, 0.2) is 72.8 Å². The van der Waals surface area contributed by atoms with Gasteiger partial charge in [0.1, 0.15) is 0 Å². The van der Waals surface area contributed by atoms with E-state index in [1.54, 1.807) is 31.2 Å². The molecule has 2 aliphatic heterocycles. The van der Waals surface area contributed by atoms with Crippen molar-refractivity contribution in [2.75, 3.05) is 6.61 Å². The predicted octanol–water partition coefficient (Wildman–Crippen LogP) is 3.40. The van der Waals surface area contributed by atoms with Crippen LogP contribution in [0.1, 0.15) is 17.3 Å². The zero-order valence-electron chi connectivity index (χ0n) is 15.1. The van der Waals surface area contributed by atoms with Gasteiger partial charge in [0.15, 0.2) is 0 Å². The van der Waals surface area contributed by atoms with E-state index in [1.807, 2.05) is 48.5 Å². The van der Waals surface area contributed by atoms with Gasteiger partial charge in [-0.1, -0.05) is 0 Å². The zero-order valence-corrected chi connectivity index (χ0v) is 16.1. The summed E-state index contributed by atoms with van der Waals surface area (Å²) in [6, 6.07) is 21.5. The summed E-state index contributed by atoms with van der Waals surface area (Å²) in [5.74, 6) is 1.82. The molecule has 1 spiro atoms. The third kappa shape index (κ3) is 2.29. The normalized spacial score (nSPS) is 18.2. The van der Waals surface area contributed by atoms with E-state index in [0.29, 0.717) is 40.4 Å². The molecule has 0 fully saturated rings. The Bertz CT molecular complexity index is 965. The van der Waals surface area contributed by atoms with Crippen molar-refractivity contribution in [3.05, 3.63) is 78.4 Å². The van der Waals surface area contributed by atoms with Crippen LogP contribution in [0.3, 0.4) is 0 Å². The first-order valence-corrected chi connectivity index (χ1v) is 11.1. The molecule has 0 amide bonds. The molecule has 3 aromatic carbocycles. The van der Waals surface area contributed by atoms with Crippen molar-refractivity contribution in [3.63, 3.8) is 0 Å². The molecule has 0 bridgehead atoms. The standard InChI is InChI=1S/C21H17O6Si/c1-2-23-21(22)15-11-13-16(14-12-15)28(24-17-7-3-4-8-18(17)25-28)26-19-9-5-6-10-20(19)27-28/h3-14H,2H2,1H3/q-1. The fraction of sp³-hybridized carbons (Fsp3) is 0.0952. The number of benzene rings is 3. The Labute approximate surface area is 162 Å². The van der Waals surface area contributed by atoms with Crippen LogP contribution in [0.5, 0.6) is 23.0 Å². The molecule has 5 rings (SSSR count). The first-order valence-electron chi connectivity index (χ1n) is 9.01. The Morgan fingerprint density at radius 1 is 0.750 bits per heavy atom. The summed E-state index contributed by atoms with van der Waals surface area (Å²) in [7, 11) is -4.55. The van der Waals surface area contributed by atoms with Crippen LogP contribution in [0.25, 0.3) is 0 Å². The van der Waals surface area contributed by atoms with Gasteiger partial charge in [-0.25, -0.2) is 0 Å². The van der Waals surface area contributed by atoms with E-state index in [1.165, 1.54) is 0 Å². The number of hydrogen-bond donors (Lipinski definition) is 0. The van der Waals surface area contributed by atoms with Crippen molar-refractivity contribution < 1.29 is 27.2 Å². The third-order valence-electron chi connectivity index (χ3n) is 4.71. The monoisotopic (exact) mass is 393 g/mol. The molecule has 0 unspecified atom stereocenters. The van der Waals surface area contributed by atoms with Crippen molar-refractivity contribution >= 4 is 19.5 Å². The minimum atomic E-state index is -4.55. The molecule has 2 aliphatic rings. The van der Waals surface area contributed by atoms with Crippen molar-refractivity contribution in [2.24, 2.45) is 0 Å². The average Bonchev–Trinajstić information content (AvgIpc) is 3.23. The number of carbonyl (C=O) groups excluding carboxylic acids is 1. The molecule has 142 valence electrons. The summed E-state index contributed by atoms with van der Waals surface area (Å²) in [5.41, 5.74) is 0.430. The first-order chi connectivity index (χ1) is 13.6. The molecule has 6 nitrogen and oxygen atoms in total. The molecule has 0 aliphatic carbocycles. The summed E-state index contributed by atoms with van der Waals surface area (Å²) < 4.78 is 30.4. The summed E-state index contributed by atoms with van der Waals surface area (Å²) in [6.07, 6.45) is 0. The topological polar surface area (TPSA) is 63.2 Å². The molecule has 0 saturated carbocycles. The second-order valence-electron chi connectivity index (χ2n) is 6.51. The van der Waals surface area contributed by atoms with E-state index in [4.69, 9.17) is 22.4 Å². The Morgan fingerprint density at radius 2 is 1.18 bits per heavy atom. The fourth-order valence-corrected chi connectivity index (χ4v) is 7.07. The summed E-state index contributed by atoms with van der Waals surface area (Å²) in [5, 5.41) is 0.598. The number of para-hydroxylation sites is 4. The Morgan fingerprint density at radius 3 is 1.57 bits per heavy atom. The molecule has 0 saturated heterocycles.